The second-order valence-electron chi connectivity index (χ2n) is 3.08. The number of likely N-dealkylation sites (N-methyl/N-ethyl adjacent to an activating group) is 1. The van der Waals surface area contributed by atoms with Gasteiger partial charge in [-0.1, -0.05) is 6.08 Å². The Bertz CT molecular complexity index is 393. The fourth-order valence-corrected chi connectivity index (χ4v) is 1.36. The van der Waals surface area contributed by atoms with E-state index >= 15 is 0 Å². The molecule has 0 N–H and O–H groups in total. The molecule has 2 rings (SSSR count). The number of dihydropyridines is 1. The smallest absolute Gasteiger partial charge is 0.269 e. The summed E-state index contributed by atoms with van der Waals surface area (Å²) in [4.78, 5) is 16.5. The minimum atomic E-state index is -0.202. The van der Waals surface area contributed by atoms with Crippen molar-refractivity contribution in [2.24, 2.45) is 4.99 Å². The minimum Gasteiger partial charge on any atom is -0.351 e. The van der Waals surface area contributed by atoms with Crippen molar-refractivity contribution < 1.29 is 4.79 Å². The number of allylic oxidation sites excluding steroid dienone is 5. The first-order valence-electron chi connectivity index (χ1n) is 4.35. The largest absolute Gasteiger partial charge is 0.351 e. The number of amides is 1. The molecule has 0 fully saturated rings. The summed E-state index contributed by atoms with van der Waals surface area (Å²) in [6, 6.07) is 0. The molecule has 0 aromatic heterocycles. The van der Waals surface area contributed by atoms with Crippen LogP contribution in [-0.2, 0) is 4.79 Å². The number of hydrogen-bond acceptors (Lipinski definition) is 2. The predicted molar refractivity (Wildman–Crippen MR) is 55.7 cm³/mol. The highest BCUT2D eigenvalue weighted by molar-refractivity contribution is 6.03. The molecule has 0 saturated heterocycles. The Morgan fingerprint density at radius 3 is 2.71 bits per heavy atom. The summed E-state index contributed by atoms with van der Waals surface area (Å²) < 4.78 is 0. The van der Waals surface area contributed by atoms with Crippen molar-refractivity contribution in [1.29, 1.82) is 0 Å². The summed E-state index contributed by atoms with van der Waals surface area (Å²) in [5.74, 6) is -0.202. The van der Waals surface area contributed by atoms with Gasteiger partial charge >= 0.3 is 0 Å². The molecule has 0 atom stereocenters. The topological polar surface area (TPSA) is 32.7 Å². The van der Waals surface area contributed by atoms with Crippen LogP contribution >= 0.6 is 0 Å². The first-order chi connectivity index (χ1) is 6.77. The molecule has 0 aromatic carbocycles. The molecule has 3 heteroatoms. The first kappa shape index (κ1) is 8.69. The first-order valence-corrected chi connectivity index (χ1v) is 4.35. The van der Waals surface area contributed by atoms with Gasteiger partial charge in [-0.3, -0.25) is 4.79 Å². The zero-order chi connectivity index (χ0) is 9.97. The van der Waals surface area contributed by atoms with E-state index in [4.69, 9.17) is 0 Å². The van der Waals surface area contributed by atoms with Crippen molar-refractivity contribution in [2.75, 3.05) is 7.05 Å². The maximum absolute atomic E-state index is 10.8. The van der Waals surface area contributed by atoms with Gasteiger partial charge in [0.15, 0.2) is 0 Å². The highest BCUT2D eigenvalue weighted by atomic mass is 16.1. The standard InChI is InChI=1S/C11H10N2O/c1-13-7-3-2-4-10(13)9-5-6-11(14)12-8-9/h2-8H,1H3. The second kappa shape index (κ2) is 3.46. The lowest BCUT2D eigenvalue weighted by Crippen LogP contribution is -2.14. The fraction of sp³-hybridized carbons (Fsp3) is 0.0909. The molecule has 2 aliphatic heterocycles. The van der Waals surface area contributed by atoms with Crippen molar-refractivity contribution in [1.82, 2.24) is 4.90 Å². The summed E-state index contributed by atoms with van der Waals surface area (Å²) >= 11 is 0. The van der Waals surface area contributed by atoms with E-state index in [0.29, 0.717) is 0 Å². The molecule has 0 aromatic rings. The maximum Gasteiger partial charge on any atom is 0.269 e. The highest BCUT2D eigenvalue weighted by Gasteiger charge is 2.08. The molecule has 0 unspecified atom stereocenters. The van der Waals surface area contributed by atoms with Crippen LogP contribution in [0.1, 0.15) is 0 Å². The normalized spacial score (nSPS) is 24.9. The molecule has 2 aliphatic rings. The van der Waals surface area contributed by atoms with Gasteiger partial charge in [0.05, 0.1) is 0 Å². The van der Waals surface area contributed by atoms with E-state index in [9.17, 15) is 4.79 Å². The number of carbonyl (C=O) groups is 1. The van der Waals surface area contributed by atoms with Crippen LogP contribution in [0, 0.1) is 0 Å². The maximum atomic E-state index is 10.8. The Morgan fingerprint density at radius 1 is 1.21 bits per heavy atom. The van der Waals surface area contributed by atoms with E-state index in [1.807, 2.05) is 36.4 Å². The Morgan fingerprint density at radius 2 is 2.07 bits per heavy atom. The van der Waals surface area contributed by atoms with E-state index in [1.165, 1.54) is 6.08 Å². The van der Waals surface area contributed by atoms with E-state index in [0.717, 1.165) is 11.3 Å². The second-order valence-corrected chi connectivity index (χ2v) is 3.08. The van der Waals surface area contributed by atoms with Crippen molar-refractivity contribution in [3.05, 3.63) is 47.9 Å². The summed E-state index contributed by atoms with van der Waals surface area (Å²) in [6.45, 7) is 0. The van der Waals surface area contributed by atoms with E-state index in [1.54, 1.807) is 12.3 Å². The highest BCUT2D eigenvalue weighted by Crippen LogP contribution is 2.16. The van der Waals surface area contributed by atoms with Gasteiger partial charge in [-0.25, -0.2) is 4.99 Å². The number of hydrogen-bond donors (Lipinski definition) is 0. The summed E-state index contributed by atoms with van der Waals surface area (Å²) in [6.07, 6.45) is 12.7. The minimum absolute atomic E-state index is 0.202. The molecule has 1 amide bonds. The van der Waals surface area contributed by atoms with Gasteiger partial charge < -0.3 is 4.90 Å². The molecule has 0 radical (unpaired) electrons. The van der Waals surface area contributed by atoms with Crippen LogP contribution in [0.25, 0.3) is 0 Å². The average molecular weight is 186 g/mol. The van der Waals surface area contributed by atoms with E-state index in [-0.39, 0.29) is 5.91 Å². The van der Waals surface area contributed by atoms with Gasteiger partial charge in [0.2, 0.25) is 0 Å². The number of rotatable bonds is 0. The molecule has 0 aliphatic carbocycles. The summed E-state index contributed by atoms with van der Waals surface area (Å²) in [7, 11) is 1.96. The third-order valence-corrected chi connectivity index (χ3v) is 2.09. The van der Waals surface area contributed by atoms with Crippen molar-refractivity contribution in [3.63, 3.8) is 0 Å². The van der Waals surface area contributed by atoms with E-state index in [2.05, 4.69) is 4.99 Å². The van der Waals surface area contributed by atoms with Crippen molar-refractivity contribution in [2.45, 2.75) is 0 Å². The fourth-order valence-electron chi connectivity index (χ4n) is 1.36. The van der Waals surface area contributed by atoms with Crippen LogP contribution in [-0.4, -0.2) is 24.1 Å². The zero-order valence-electron chi connectivity index (χ0n) is 7.84. The SMILES string of the molecule is CN1C=CC=CC1=C1C=CC(=O)N=C1. The van der Waals surface area contributed by atoms with Gasteiger partial charge in [-0.05, 0) is 18.2 Å². The van der Waals surface area contributed by atoms with Crippen molar-refractivity contribution >= 4 is 12.1 Å². The summed E-state index contributed by atoms with van der Waals surface area (Å²) in [5.41, 5.74) is 1.99. The van der Waals surface area contributed by atoms with Gasteiger partial charge in [-0.2, -0.15) is 0 Å². The van der Waals surface area contributed by atoms with Crippen LogP contribution in [0.15, 0.2) is 52.8 Å². The predicted octanol–water partition coefficient (Wildman–Crippen LogP) is 1.42. The van der Waals surface area contributed by atoms with Crippen molar-refractivity contribution in [3.8, 4) is 0 Å². The van der Waals surface area contributed by atoms with Gasteiger partial charge in [0.1, 0.15) is 0 Å². The van der Waals surface area contributed by atoms with Gasteiger partial charge in [-0.15, -0.1) is 0 Å². The third kappa shape index (κ3) is 1.57. The third-order valence-electron chi connectivity index (χ3n) is 2.09. The molecular weight excluding hydrogens is 176 g/mol. The molecule has 2 heterocycles. The molecule has 0 bridgehead atoms. The van der Waals surface area contributed by atoms with Crippen LogP contribution in [0.3, 0.4) is 0 Å². The molecule has 70 valence electrons. The molecular formula is C11H10N2O. The lowest BCUT2D eigenvalue weighted by molar-refractivity contribution is -0.113. The number of nitrogens with zero attached hydrogens (tertiary/aromatic N) is 2. The van der Waals surface area contributed by atoms with Crippen LogP contribution < -0.4 is 0 Å². The average Bonchev–Trinajstić information content (AvgIpc) is 2.20. The Hall–Kier alpha value is -1.90. The number of aliphatic imine (C=N–C) groups is 1. The van der Waals surface area contributed by atoms with Gasteiger partial charge in [0.25, 0.3) is 5.91 Å². The Balaban J connectivity index is 2.37. The molecule has 0 spiro atoms. The van der Waals surface area contributed by atoms with E-state index < -0.39 is 0 Å². The molecule has 0 saturated carbocycles. The quantitative estimate of drug-likeness (QED) is 0.573. The van der Waals surface area contributed by atoms with Crippen LogP contribution in [0.5, 0.6) is 0 Å². The molecule has 3 nitrogen and oxygen atoms in total. The molecule has 14 heavy (non-hydrogen) atoms. The Kier molecular flexibility index (Phi) is 2.14. The van der Waals surface area contributed by atoms with Gasteiger partial charge in [0, 0.05) is 36.8 Å². The lowest BCUT2D eigenvalue weighted by atomic mass is 10.1. The number of carbonyl (C=O) groups excluding carboxylic acids is 1. The monoisotopic (exact) mass is 186 g/mol. The summed E-state index contributed by atoms with van der Waals surface area (Å²) in [5, 5.41) is 0. The lowest BCUT2D eigenvalue weighted by Gasteiger charge is -2.20. The zero-order valence-corrected chi connectivity index (χ0v) is 7.84. The van der Waals surface area contributed by atoms with Crippen LogP contribution in [0.2, 0.25) is 0 Å². The van der Waals surface area contributed by atoms with Crippen LogP contribution in [0.4, 0.5) is 0 Å². The Labute approximate surface area is 82.4 Å².